The summed E-state index contributed by atoms with van der Waals surface area (Å²) < 4.78 is 19.3. The van der Waals surface area contributed by atoms with Crippen LogP contribution in [0.4, 0.5) is 5.88 Å². The quantitative estimate of drug-likeness (QED) is 0.422. The monoisotopic (exact) mass is 535 g/mol. The first-order valence-electron chi connectivity index (χ1n) is 13.2. The molecule has 200 valence electrons. The number of furan rings is 1. The molecule has 9 heteroatoms. The van der Waals surface area contributed by atoms with E-state index in [-0.39, 0.29) is 11.7 Å². The van der Waals surface area contributed by atoms with Crippen molar-refractivity contribution in [2.75, 3.05) is 24.6 Å². The number of fused-ring (bicyclic) bond motifs is 1. The van der Waals surface area contributed by atoms with Gasteiger partial charge in [0, 0.05) is 25.2 Å². The molecule has 1 unspecified atom stereocenters. The molecular weight excluding hydrogens is 502 g/mol. The number of allylic oxidation sites excluding steroid dienone is 1. The molecule has 2 aromatic heterocycles. The van der Waals surface area contributed by atoms with Crippen LogP contribution in [0.25, 0.3) is 6.08 Å². The normalized spacial score (nSPS) is 18.0. The van der Waals surface area contributed by atoms with Gasteiger partial charge in [0.1, 0.15) is 11.5 Å². The second-order valence-electron chi connectivity index (χ2n) is 9.76. The van der Waals surface area contributed by atoms with E-state index < -0.39 is 12.0 Å². The van der Waals surface area contributed by atoms with Gasteiger partial charge in [-0.3, -0.25) is 9.36 Å². The molecule has 8 nitrogen and oxygen atoms in total. The summed E-state index contributed by atoms with van der Waals surface area (Å²) in [5.74, 6) is 1.68. The number of carbonyl (C=O) groups is 1. The van der Waals surface area contributed by atoms with Crippen molar-refractivity contribution in [1.29, 1.82) is 0 Å². The first kappa shape index (κ1) is 26.0. The number of aromatic nitrogens is 1. The highest BCUT2D eigenvalue weighted by Gasteiger charge is 2.33. The summed E-state index contributed by atoms with van der Waals surface area (Å²) in [4.78, 5) is 34.5. The number of thiazole rings is 1. The zero-order chi connectivity index (χ0) is 26.8. The third-order valence-corrected chi connectivity index (χ3v) is 7.63. The minimum atomic E-state index is -0.671. The lowest BCUT2D eigenvalue weighted by Gasteiger charge is -2.25. The largest absolute Gasteiger partial charge is 0.494 e. The van der Waals surface area contributed by atoms with Gasteiger partial charge < -0.3 is 18.8 Å². The number of hydrogen-bond donors (Lipinski definition) is 0. The van der Waals surface area contributed by atoms with E-state index in [4.69, 9.17) is 13.9 Å². The zero-order valence-corrected chi connectivity index (χ0v) is 23.0. The highest BCUT2D eigenvalue weighted by molar-refractivity contribution is 7.07. The summed E-state index contributed by atoms with van der Waals surface area (Å²) in [5.41, 5.74) is 1.43. The molecular formula is C29H33N3O5S. The number of anilines is 1. The summed E-state index contributed by atoms with van der Waals surface area (Å²) in [5, 5.41) is 0. The Morgan fingerprint density at radius 1 is 1.16 bits per heavy atom. The van der Waals surface area contributed by atoms with E-state index in [0.717, 1.165) is 43.1 Å². The maximum Gasteiger partial charge on any atom is 0.338 e. The molecule has 0 amide bonds. The fourth-order valence-electron chi connectivity index (χ4n) is 4.92. The molecule has 1 aromatic carbocycles. The number of carbonyl (C=O) groups excluding carboxylic acids is 1. The van der Waals surface area contributed by atoms with Crippen molar-refractivity contribution < 1.29 is 18.7 Å². The molecule has 0 saturated carbocycles. The van der Waals surface area contributed by atoms with E-state index in [1.165, 1.54) is 17.8 Å². The molecule has 0 spiro atoms. The smallest absolute Gasteiger partial charge is 0.338 e. The van der Waals surface area contributed by atoms with Crippen LogP contribution in [0.5, 0.6) is 5.75 Å². The van der Waals surface area contributed by atoms with Gasteiger partial charge in [0.2, 0.25) is 0 Å². The molecule has 2 aliphatic rings. The van der Waals surface area contributed by atoms with Gasteiger partial charge in [0.05, 0.1) is 34.6 Å². The van der Waals surface area contributed by atoms with Crippen molar-refractivity contribution in [3.63, 3.8) is 0 Å². The minimum absolute atomic E-state index is 0.231. The molecule has 5 rings (SSSR count). The van der Waals surface area contributed by atoms with Crippen molar-refractivity contribution in [1.82, 2.24) is 4.57 Å². The van der Waals surface area contributed by atoms with Crippen LogP contribution in [0, 0.1) is 0 Å². The first-order chi connectivity index (χ1) is 18.4. The second-order valence-corrected chi connectivity index (χ2v) is 10.8. The number of benzene rings is 1. The molecule has 2 aliphatic heterocycles. The maximum absolute atomic E-state index is 13.8. The Morgan fingerprint density at radius 2 is 1.89 bits per heavy atom. The standard InChI is InChI=1S/C29H33N3O5S/c1-5-35-21-11-9-20(10-12-21)26-25(28(34)36-18(2)3)19(4)30-29-32(26)27(33)23(38-29)17-22-13-14-24(37-22)31-15-7-6-8-16-31/h9-14,17-18,26H,5-8,15-16H2,1-4H3/b23-17+. The van der Waals surface area contributed by atoms with Crippen LogP contribution in [0.3, 0.4) is 0 Å². The van der Waals surface area contributed by atoms with E-state index >= 15 is 0 Å². The summed E-state index contributed by atoms with van der Waals surface area (Å²) >= 11 is 1.29. The van der Waals surface area contributed by atoms with Crippen LogP contribution in [-0.4, -0.2) is 36.3 Å². The molecule has 0 aliphatic carbocycles. The third kappa shape index (κ3) is 5.20. The van der Waals surface area contributed by atoms with E-state index in [0.29, 0.717) is 33.0 Å². The number of esters is 1. The number of hydrogen-bond acceptors (Lipinski definition) is 8. The predicted octanol–water partition coefficient (Wildman–Crippen LogP) is 4.17. The second kappa shape index (κ2) is 11.0. The molecule has 3 aromatic rings. The van der Waals surface area contributed by atoms with Crippen LogP contribution in [-0.2, 0) is 9.53 Å². The van der Waals surface area contributed by atoms with E-state index in [1.807, 2.05) is 43.3 Å². The van der Waals surface area contributed by atoms with E-state index in [1.54, 1.807) is 31.4 Å². The van der Waals surface area contributed by atoms with Gasteiger partial charge in [-0.15, -0.1) is 0 Å². The lowest BCUT2D eigenvalue weighted by Crippen LogP contribution is -2.40. The fourth-order valence-corrected chi connectivity index (χ4v) is 5.95. The van der Waals surface area contributed by atoms with Crippen molar-refractivity contribution in [3.05, 3.63) is 78.7 Å². The van der Waals surface area contributed by atoms with E-state index in [2.05, 4.69) is 9.89 Å². The summed E-state index contributed by atoms with van der Waals surface area (Å²) in [7, 11) is 0. The summed E-state index contributed by atoms with van der Waals surface area (Å²) in [6.07, 6.45) is 5.01. The zero-order valence-electron chi connectivity index (χ0n) is 22.2. The molecule has 0 bridgehead atoms. The predicted molar refractivity (Wildman–Crippen MR) is 147 cm³/mol. The Labute approximate surface area is 225 Å². The van der Waals surface area contributed by atoms with Crippen LogP contribution in [0.15, 0.2) is 61.9 Å². The Hall–Kier alpha value is -3.59. The average molecular weight is 536 g/mol. The molecule has 38 heavy (non-hydrogen) atoms. The van der Waals surface area contributed by atoms with E-state index in [9.17, 15) is 9.59 Å². The molecule has 1 fully saturated rings. The van der Waals surface area contributed by atoms with Crippen LogP contribution < -0.4 is 24.5 Å². The Balaban J connectivity index is 1.59. The SMILES string of the molecule is CCOc1ccc(C2C(C(=O)OC(C)C)=C(C)N=c3s/c(=C/c4ccc(N5CCCCC5)o4)c(=O)n32)cc1. The van der Waals surface area contributed by atoms with Crippen molar-refractivity contribution in [3.8, 4) is 5.75 Å². The van der Waals surface area contributed by atoms with Crippen LogP contribution in [0.2, 0.25) is 0 Å². The Bertz CT molecular complexity index is 1520. The lowest BCUT2D eigenvalue weighted by atomic mass is 9.96. The number of rotatable bonds is 7. The Morgan fingerprint density at radius 3 is 2.58 bits per heavy atom. The molecule has 1 atom stereocenters. The van der Waals surface area contributed by atoms with Gasteiger partial charge in [0.25, 0.3) is 5.56 Å². The average Bonchev–Trinajstić information content (AvgIpc) is 3.48. The molecule has 1 saturated heterocycles. The molecule has 4 heterocycles. The summed E-state index contributed by atoms with van der Waals surface area (Å²) in [6.45, 7) is 9.82. The number of piperidine rings is 1. The third-order valence-electron chi connectivity index (χ3n) is 6.64. The van der Waals surface area contributed by atoms with Gasteiger partial charge >= 0.3 is 5.97 Å². The number of ether oxygens (including phenoxy) is 2. The van der Waals surface area contributed by atoms with Gasteiger partial charge in [-0.2, -0.15) is 0 Å². The highest BCUT2D eigenvalue weighted by atomic mass is 32.1. The minimum Gasteiger partial charge on any atom is -0.494 e. The number of nitrogens with zero attached hydrogens (tertiary/aromatic N) is 3. The van der Waals surface area contributed by atoms with Gasteiger partial charge in [-0.25, -0.2) is 9.79 Å². The highest BCUT2D eigenvalue weighted by Crippen LogP contribution is 2.32. The fraction of sp³-hybridized carbons (Fsp3) is 0.414. The first-order valence-corrected chi connectivity index (χ1v) is 14.0. The van der Waals surface area contributed by atoms with Gasteiger partial charge in [-0.05, 0) is 70.7 Å². The maximum atomic E-state index is 13.8. The summed E-state index contributed by atoms with van der Waals surface area (Å²) in [6, 6.07) is 10.6. The molecule has 0 radical (unpaired) electrons. The van der Waals surface area contributed by atoms with Crippen LogP contribution >= 0.6 is 11.3 Å². The lowest BCUT2D eigenvalue weighted by molar-refractivity contribution is -0.143. The van der Waals surface area contributed by atoms with Crippen LogP contribution in [0.1, 0.15) is 64.3 Å². The topological polar surface area (TPSA) is 86.3 Å². The van der Waals surface area contributed by atoms with Crippen molar-refractivity contribution in [2.45, 2.75) is 59.1 Å². The van der Waals surface area contributed by atoms with Crippen molar-refractivity contribution in [2.24, 2.45) is 4.99 Å². The van der Waals surface area contributed by atoms with Gasteiger partial charge in [0.15, 0.2) is 10.7 Å². The Kier molecular flexibility index (Phi) is 7.56. The van der Waals surface area contributed by atoms with Gasteiger partial charge in [-0.1, -0.05) is 23.5 Å². The van der Waals surface area contributed by atoms with Crippen molar-refractivity contribution >= 4 is 29.3 Å². The molecule has 0 N–H and O–H groups in total.